The van der Waals surface area contributed by atoms with E-state index in [2.05, 4.69) is 15.6 Å². The zero-order valence-electron chi connectivity index (χ0n) is 10.7. The lowest BCUT2D eigenvalue weighted by Gasteiger charge is -2.06. The van der Waals surface area contributed by atoms with E-state index in [0.717, 1.165) is 15.8 Å². The number of benzene rings is 1. The first-order valence-corrected chi connectivity index (χ1v) is 7.12. The summed E-state index contributed by atoms with van der Waals surface area (Å²) in [4.78, 5) is 17.3. The highest BCUT2D eigenvalue weighted by atomic mass is 32.1. The molecule has 3 rings (SSSR count). The minimum atomic E-state index is -0.249. The fraction of sp³-hybridized carbons (Fsp3) is 0.0667. The maximum atomic E-state index is 11.8. The summed E-state index contributed by atoms with van der Waals surface area (Å²) >= 11 is 1.61. The third-order valence-electron chi connectivity index (χ3n) is 2.84. The maximum absolute atomic E-state index is 11.8. The Morgan fingerprint density at radius 1 is 1.10 bits per heavy atom. The van der Waals surface area contributed by atoms with Crippen molar-refractivity contribution in [1.29, 1.82) is 0 Å². The Morgan fingerprint density at radius 2 is 2.00 bits per heavy atom. The average Bonchev–Trinajstić information content (AvgIpc) is 2.98. The summed E-state index contributed by atoms with van der Waals surface area (Å²) in [6.45, 7) is 0.525. The molecule has 1 aromatic carbocycles. The summed E-state index contributed by atoms with van der Waals surface area (Å²) in [6, 6.07) is 15.2. The molecule has 3 aromatic rings. The van der Waals surface area contributed by atoms with Crippen LogP contribution in [-0.4, -0.2) is 11.0 Å². The summed E-state index contributed by atoms with van der Waals surface area (Å²) in [5.41, 5.74) is 0.864. The number of fused-ring (bicyclic) bond motifs is 1. The second-order valence-electron chi connectivity index (χ2n) is 4.28. The number of carbonyl (C=O) groups is 1. The molecule has 0 bridgehead atoms. The van der Waals surface area contributed by atoms with E-state index in [-0.39, 0.29) is 6.03 Å². The summed E-state index contributed by atoms with van der Waals surface area (Å²) in [7, 11) is 0. The summed E-state index contributed by atoms with van der Waals surface area (Å²) in [5.74, 6) is 0.548. The zero-order valence-corrected chi connectivity index (χ0v) is 11.5. The van der Waals surface area contributed by atoms with Crippen molar-refractivity contribution in [2.45, 2.75) is 6.54 Å². The smallest absolute Gasteiger partial charge is 0.320 e. The van der Waals surface area contributed by atoms with Crippen molar-refractivity contribution in [3.05, 3.63) is 58.8 Å². The molecular weight excluding hydrogens is 270 g/mol. The van der Waals surface area contributed by atoms with E-state index < -0.39 is 0 Å². The molecule has 2 aromatic heterocycles. The third kappa shape index (κ3) is 2.95. The second kappa shape index (κ2) is 5.71. The van der Waals surface area contributed by atoms with Crippen LogP contribution in [0.4, 0.5) is 10.6 Å². The first-order valence-electron chi connectivity index (χ1n) is 6.24. The Bertz CT molecular complexity index is 725. The molecule has 0 spiro atoms. The lowest BCUT2D eigenvalue weighted by molar-refractivity contribution is 0.252. The molecule has 0 aliphatic carbocycles. The molecule has 0 atom stereocenters. The quantitative estimate of drug-likeness (QED) is 0.771. The van der Waals surface area contributed by atoms with Gasteiger partial charge in [0.15, 0.2) is 0 Å². The first kappa shape index (κ1) is 12.6. The number of nitrogens with one attached hydrogen (secondary N) is 2. The number of carbonyl (C=O) groups excluding carboxylic acids is 1. The van der Waals surface area contributed by atoms with Gasteiger partial charge in [0.2, 0.25) is 0 Å². The Kier molecular flexibility index (Phi) is 3.60. The fourth-order valence-electron chi connectivity index (χ4n) is 1.88. The topological polar surface area (TPSA) is 54.0 Å². The monoisotopic (exact) mass is 283 g/mol. The molecule has 0 saturated carbocycles. The normalized spacial score (nSPS) is 10.4. The molecule has 2 N–H and O–H groups in total. The number of hydrogen-bond donors (Lipinski definition) is 2. The molecule has 20 heavy (non-hydrogen) atoms. The van der Waals surface area contributed by atoms with Gasteiger partial charge in [-0.15, -0.1) is 11.3 Å². The van der Waals surface area contributed by atoms with Crippen molar-refractivity contribution < 1.29 is 4.79 Å². The van der Waals surface area contributed by atoms with Crippen molar-refractivity contribution in [3.63, 3.8) is 0 Å². The summed E-state index contributed by atoms with van der Waals surface area (Å²) < 4.78 is 0. The number of rotatable bonds is 3. The molecular formula is C15H13N3OS. The van der Waals surface area contributed by atoms with E-state index in [9.17, 15) is 4.79 Å². The van der Waals surface area contributed by atoms with Crippen LogP contribution < -0.4 is 10.6 Å². The number of anilines is 1. The zero-order chi connectivity index (χ0) is 13.8. The van der Waals surface area contributed by atoms with Gasteiger partial charge in [-0.1, -0.05) is 24.3 Å². The van der Waals surface area contributed by atoms with Crippen LogP contribution in [0.25, 0.3) is 10.9 Å². The van der Waals surface area contributed by atoms with E-state index in [1.54, 1.807) is 17.4 Å². The molecule has 0 fully saturated rings. The fourth-order valence-corrected chi connectivity index (χ4v) is 2.52. The lowest BCUT2D eigenvalue weighted by Crippen LogP contribution is -2.28. The van der Waals surface area contributed by atoms with Gasteiger partial charge >= 0.3 is 6.03 Å². The highest BCUT2D eigenvalue weighted by Crippen LogP contribution is 2.14. The molecule has 4 nitrogen and oxygen atoms in total. The predicted molar refractivity (Wildman–Crippen MR) is 81.9 cm³/mol. The van der Waals surface area contributed by atoms with Gasteiger partial charge in [0.25, 0.3) is 0 Å². The molecule has 0 saturated heterocycles. The van der Waals surface area contributed by atoms with Crippen molar-refractivity contribution in [2.75, 3.05) is 5.32 Å². The summed E-state index contributed by atoms with van der Waals surface area (Å²) in [6.07, 6.45) is 0. The Labute approximate surface area is 120 Å². The number of urea groups is 1. The van der Waals surface area contributed by atoms with Crippen LogP contribution >= 0.6 is 11.3 Å². The molecule has 2 heterocycles. The highest BCUT2D eigenvalue weighted by molar-refractivity contribution is 7.09. The molecule has 0 unspecified atom stereocenters. The largest absolute Gasteiger partial charge is 0.333 e. The van der Waals surface area contributed by atoms with Gasteiger partial charge in [-0.3, -0.25) is 5.32 Å². The van der Waals surface area contributed by atoms with Gasteiger partial charge in [-0.2, -0.15) is 0 Å². The Balaban J connectivity index is 1.65. The van der Waals surface area contributed by atoms with Crippen LogP contribution in [0.1, 0.15) is 4.88 Å². The van der Waals surface area contributed by atoms with E-state index in [4.69, 9.17) is 0 Å². The van der Waals surface area contributed by atoms with Gasteiger partial charge in [0.05, 0.1) is 12.1 Å². The molecule has 0 aliphatic rings. The Hall–Kier alpha value is -2.40. The summed E-state index contributed by atoms with van der Waals surface area (Å²) in [5, 5.41) is 8.58. The van der Waals surface area contributed by atoms with Gasteiger partial charge in [0.1, 0.15) is 5.82 Å². The van der Waals surface area contributed by atoms with Gasteiger partial charge in [-0.25, -0.2) is 9.78 Å². The van der Waals surface area contributed by atoms with Gasteiger partial charge in [-0.05, 0) is 29.6 Å². The average molecular weight is 283 g/mol. The van der Waals surface area contributed by atoms with E-state index in [0.29, 0.717) is 12.4 Å². The number of pyridine rings is 1. The van der Waals surface area contributed by atoms with Crippen molar-refractivity contribution >= 4 is 34.1 Å². The van der Waals surface area contributed by atoms with E-state index in [1.165, 1.54) is 0 Å². The molecule has 100 valence electrons. The van der Waals surface area contributed by atoms with E-state index >= 15 is 0 Å². The predicted octanol–water partition coefficient (Wildman–Crippen LogP) is 3.62. The number of para-hydroxylation sites is 1. The van der Waals surface area contributed by atoms with E-state index in [1.807, 2.05) is 47.8 Å². The second-order valence-corrected chi connectivity index (χ2v) is 5.31. The minimum absolute atomic E-state index is 0.249. The number of aromatic nitrogens is 1. The van der Waals surface area contributed by atoms with Crippen LogP contribution in [0.5, 0.6) is 0 Å². The van der Waals surface area contributed by atoms with Crippen LogP contribution in [0.2, 0.25) is 0 Å². The van der Waals surface area contributed by atoms with Crippen LogP contribution in [0.15, 0.2) is 53.9 Å². The molecule has 0 radical (unpaired) electrons. The lowest BCUT2D eigenvalue weighted by atomic mass is 10.2. The SMILES string of the molecule is O=C(NCc1cccs1)Nc1ccc2ccccc2n1. The third-order valence-corrected chi connectivity index (χ3v) is 3.72. The molecule has 5 heteroatoms. The molecule has 2 amide bonds. The number of amides is 2. The molecule has 0 aliphatic heterocycles. The van der Waals surface area contributed by atoms with Gasteiger partial charge in [0, 0.05) is 10.3 Å². The highest BCUT2D eigenvalue weighted by Gasteiger charge is 2.04. The minimum Gasteiger partial charge on any atom is -0.333 e. The van der Waals surface area contributed by atoms with Crippen molar-refractivity contribution in [1.82, 2.24) is 10.3 Å². The standard InChI is InChI=1S/C15H13N3OS/c19-15(16-10-12-5-3-9-20-12)18-14-8-7-11-4-1-2-6-13(11)17-14/h1-9H,10H2,(H2,16,17,18,19). The van der Waals surface area contributed by atoms with Gasteiger partial charge < -0.3 is 5.32 Å². The van der Waals surface area contributed by atoms with Crippen molar-refractivity contribution in [2.24, 2.45) is 0 Å². The number of thiophene rings is 1. The first-order chi connectivity index (χ1) is 9.81. The van der Waals surface area contributed by atoms with Crippen LogP contribution in [0, 0.1) is 0 Å². The van der Waals surface area contributed by atoms with Crippen molar-refractivity contribution in [3.8, 4) is 0 Å². The van der Waals surface area contributed by atoms with Crippen LogP contribution in [0.3, 0.4) is 0 Å². The number of hydrogen-bond acceptors (Lipinski definition) is 3. The van der Waals surface area contributed by atoms with Crippen LogP contribution in [-0.2, 0) is 6.54 Å². The Morgan fingerprint density at radius 3 is 2.85 bits per heavy atom. The maximum Gasteiger partial charge on any atom is 0.320 e. The number of nitrogens with zero attached hydrogens (tertiary/aromatic N) is 1.